The van der Waals surface area contributed by atoms with Gasteiger partial charge in [0.05, 0.1) is 62.0 Å². The molecule has 4 aliphatic heterocycles. The molecule has 2 aromatic carbocycles. The number of allylic oxidation sites excluding steroid dienone is 2. The molecule has 2 aromatic rings. The third-order valence-electron chi connectivity index (χ3n) is 10.3. The highest BCUT2D eigenvalue weighted by Gasteiger charge is 2.36. The fraction of sp³-hybridized carbons (Fsp3) is 0.450. The maximum atomic E-state index is 13.5. The van der Waals surface area contributed by atoms with Crippen molar-refractivity contribution in [3.63, 3.8) is 0 Å². The first kappa shape index (κ1) is 35.0. The van der Waals surface area contributed by atoms with Gasteiger partial charge >= 0.3 is 0 Å². The lowest BCUT2D eigenvalue weighted by molar-refractivity contribution is 0.0787. The Labute approximate surface area is 296 Å². The van der Waals surface area contributed by atoms with E-state index in [1.54, 1.807) is 25.2 Å². The topological polar surface area (TPSA) is 92.8 Å². The van der Waals surface area contributed by atoms with Crippen LogP contribution >= 0.6 is 0 Å². The van der Waals surface area contributed by atoms with Crippen LogP contribution in [0.25, 0.3) is 0 Å². The highest BCUT2D eigenvalue weighted by molar-refractivity contribution is 6.03. The molecule has 1 N–H and O–H groups in total. The number of carbonyl (C=O) groups is 2. The summed E-state index contributed by atoms with van der Waals surface area (Å²) in [7, 11) is 5.22. The van der Waals surface area contributed by atoms with E-state index in [1.165, 1.54) is 0 Å². The van der Waals surface area contributed by atoms with Crippen molar-refractivity contribution in [3.05, 3.63) is 84.2 Å². The lowest BCUT2D eigenvalue weighted by atomic mass is 9.84. The number of nitrogens with one attached hydrogen (secondary N) is 1. The Balaban J connectivity index is 1.01. The molecule has 0 aromatic heterocycles. The highest BCUT2D eigenvalue weighted by Crippen LogP contribution is 2.41. The number of methoxy groups -OCH3 is 2. The first-order valence-electron chi connectivity index (χ1n) is 17.5. The van der Waals surface area contributed by atoms with Gasteiger partial charge in [-0.15, -0.1) is 0 Å². The molecule has 4 aliphatic rings. The van der Waals surface area contributed by atoms with Gasteiger partial charge in [0.1, 0.15) is 0 Å². The number of carbonyl (C=O) groups excluding carboxylic acids is 2. The van der Waals surface area contributed by atoms with Crippen LogP contribution in [-0.4, -0.2) is 81.3 Å². The quantitative estimate of drug-likeness (QED) is 0.210. The number of rotatable bonds is 14. The Morgan fingerprint density at radius 2 is 1.40 bits per heavy atom. The lowest BCUT2D eigenvalue weighted by Crippen LogP contribution is -2.37. The van der Waals surface area contributed by atoms with E-state index in [2.05, 4.69) is 37.2 Å². The standard InChI is InChI=1S/C40H50N4O6/c1-8-26-16-28-22-41-32-20-36(34(47-6)18-30(32)38(45)43(28)23-26)49-14-11-10-12-40(3,4)13-15-50-37-21-33-31(19-35(37)48-7)39(46)44-24-27(9-2)17-29(44)25-42(33)5/h8-9,18-21,23-24,28-29,41H,1-2,10-17,22,25H2,3-7H3. The van der Waals surface area contributed by atoms with Crippen LogP contribution in [-0.2, 0) is 0 Å². The van der Waals surface area contributed by atoms with Gasteiger partial charge in [-0.2, -0.15) is 0 Å². The van der Waals surface area contributed by atoms with Gasteiger partial charge in [0, 0.05) is 44.7 Å². The van der Waals surface area contributed by atoms with Gasteiger partial charge in [-0.1, -0.05) is 39.2 Å². The molecule has 266 valence electrons. The minimum absolute atomic E-state index is 0.0334. The van der Waals surface area contributed by atoms with Gasteiger partial charge in [0.15, 0.2) is 23.0 Å². The van der Waals surface area contributed by atoms with Gasteiger partial charge < -0.3 is 39.0 Å². The number of benzene rings is 2. The normalized spacial score (nSPS) is 19.6. The van der Waals surface area contributed by atoms with Crippen LogP contribution in [0.2, 0.25) is 0 Å². The number of unbranched alkanes of at least 4 members (excludes halogenated alkanes) is 1. The second-order valence-corrected chi connectivity index (χ2v) is 14.4. The minimum atomic E-state index is -0.0497. The Kier molecular flexibility index (Phi) is 10.2. The van der Waals surface area contributed by atoms with E-state index in [0.29, 0.717) is 53.9 Å². The number of amides is 2. The average molecular weight is 683 g/mol. The summed E-state index contributed by atoms with van der Waals surface area (Å²) in [4.78, 5) is 32.7. The predicted molar refractivity (Wildman–Crippen MR) is 197 cm³/mol. The van der Waals surface area contributed by atoms with Crippen molar-refractivity contribution in [3.8, 4) is 23.0 Å². The number of ether oxygens (including phenoxy) is 4. The van der Waals surface area contributed by atoms with Gasteiger partial charge in [-0.25, -0.2) is 0 Å². The molecule has 10 nitrogen and oxygen atoms in total. The van der Waals surface area contributed by atoms with Crippen molar-refractivity contribution >= 4 is 23.2 Å². The maximum Gasteiger partial charge on any atom is 0.260 e. The highest BCUT2D eigenvalue weighted by atomic mass is 16.5. The zero-order chi connectivity index (χ0) is 35.6. The fourth-order valence-electron chi connectivity index (χ4n) is 7.29. The molecule has 0 radical (unpaired) electrons. The molecule has 2 atom stereocenters. The SMILES string of the molecule is C=CC1=CN2C(=O)c3cc(OC)c(OCCCCC(C)(C)CCOc4cc5c(cc4OC)C(=O)N4C=C(C=C)CC4CN5C)cc3NCC2C1. The molecule has 50 heavy (non-hydrogen) atoms. The van der Waals surface area contributed by atoms with E-state index in [1.807, 2.05) is 54.7 Å². The molecular weight excluding hydrogens is 632 g/mol. The van der Waals surface area contributed by atoms with Gasteiger partial charge in [-0.05, 0) is 67.2 Å². The van der Waals surface area contributed by atoms with Crippen molar-refractivity contribution < 1.29 is 28.5 Å². The number of hydrogen-bond acceptors (Lipinski definition) is 8. The van der Waals surface area contributed by atoms with E-state index in [9.17, 15) is 9.59 Å². The Morgan fingerprint density at radius 1 is 0.800 bits per heavy atom. The van der Waals surface area contributed by atoms with Gasteiger partial charge in [0.2, 0.25) is 0 Å². The van der Waals surface area contributed by atoms with Crippen molar-refractivity contribution in [2.45, 2.75) is 64.5 Å². The average Bonchev–Trinajstić information content (AvgIpc) is 3.68. The van der Waals surface area contributed by atoms with Crippen LogP contribution < -0.4 is 29.2 Å². The number of anilines is 2. The predicted octanol–water partition coefficient (Wildman–Crippen LogP) is 7.19. The van der Waals surface area contributed by atoms with Crippen LogP contribution in [0.15, 0.2) is 73.1 Å². The molecule has 0 aliphatic carbocycles. The second kappa shape index (κ2) is 14.5. The molecule has 0 saturated heterocycles. The van der Waals surface area contributed by atoms with Crippen LogP contribution in [0.1, 0.15) is 73.1 Å². The van der Waals surface area contributed by atoms with Gasteiger partial charge in [-0.3, -0.25) is 9.59 Å². The summed E-state index contributed by atoms with van der Waals surface area (Å²) >= 11 is 0. The van der Waals surface area contributed by atoms with Crippen molar-refractivity contribution in [1.82, 2.24) is 9.80 Å². The van der Waals surface area contributed by atoms with E-state index in [-0.39, 0.29) is 29.3 Å². The molecule has 0 bridgehead atoms. The second-order valence-electron chi connectivity index (χ2n) is 14.4. The number of nitrogens with zero attached hydrogens (tertiary/aromatic N) is 3. The number of hydrogen-bond donors (Lipinski definition) is 1. The summed E-state index contributed by atoms with van der Waals surface area (Å²) in [5.74, 6) is 2.29. The molecular formula is C40H50N4O6. The first-order valence-corrected chi connectivity index (χ1v) is 17.5. The minimum Gasteiger partial charge on any atom is -0.493 e. The van der Waals surface area contributed by atoms with Crippen molar-refractivity contribution in [2.24, 2.45) is 5.41 Å². The van der Waals surface area contributed by atoms with E-state index in [4.69, 9.17) is 18.9 Å². The van der Waals surface area contributed by atoms with Crippen LogP contribution in [0, 0.1) is 5.41 Å². The summed E-state index contributed by atoms with van der Waals surface area (Å²) in [6.45, 7) is 14.7. The Morgan fingerprint density at radius 3 is 2.08 bits per heavy atom. The largest absolute Gasteiger partial charge is 0.493 e. The molecule has 0 saturated carbocycles. The number of likely N-dealkylation sites (N-methyl/N-ethyl adjacent to an activating group) is 1. The Bertz CT molecular complexity index is 1730. The fourth-order valence-corrected chi connectivity index (χ4v) is 7.29. The van der Waals surface area contributed by atoms with E-state index < -0.39 is 0 Å². The molecule has 4 heterocycles. The summed E-state index contributed by atoms with van der Waals surface area (Å²) in [6.07, 6.45) is 12.8. The summed E-state index contributed by atoms with van der Waals surface area (Å²) in [6, 6.07) is 7.55. The third kappa shape index (κ3) is 7.06. The molecule has 2 unspecified atom stereocenters. The molecule has 10 heteroatoms. The summed E-state index contributed by atoms with van der Waals surface area (Å²) < 4.78 is 23.8. The molecule has 0 fully saturated rings. The summed E-state index contributed by atoms with van der Waals surface area (Å²) in [5, 5.41) is 3.45. The van der Waals surface area contributed by atoms with E-state index >= 15 is 0 Å². The monoisotopic (exact) mass is 682 g/mol. The third-order valence-corrected chi connectivity index (χ3v) is 10.3. The molecule has 0 spiro atoms. The van der Waals surface area contributed by atoms with Crippen LogP contribution in [0.5, 0.6) is 23.0 Å². The van der Waals surface area contributed by atoms with Crippen LogP contribution in [0.3, 0.4) is 0 Å². The van der Waals surface area contributed by atoms with Gasteiger partial charge in [0.25, 0.3) is 11.8 Å². The van der Waals surface area contributed by atoms with Crippen molar-refractivity contribution in [2.75, 3.05) is 57.8 Å². The zero-order valence-corrected chi connectivity index (χ0v) is 30.0. The lowest BCUT2D eigenvalue weighted by Gasteiger charge is -2.26. The maximum absolute atomic E-state index is 13.5. The van der Waals surface area contributed by atoms with E-state index in [0.717, 1.165) is 67.6 Å². The first-order chi connectivity index (χ1) is 24.0. The van der Waals surface area contributed by atoms with Crippen molar-refractivity contribution in [1.29, 1.82) is 0 Å². The number of fused-ring (bicyclic) bond motifs is 4. The smallest absolute Gasteiger partial charge is 0.260 e. The summed E-state index contributed by atoms with van der Waals surface area (Å²) in [5.41, 5.74) is 4.98. The van der Waals surface area contributed by atoms with Crippen LogP contribution in [0.4, 0.5) is 11.4 Å². The Hall–Kier alpha value is -4.86. The molecule has 6 rings (SSSR count). The molecule has 2 amide bonds. The zero-order valence-electron chi connectivity index (χ0n) is 30.0.